The lowest BCUT2D eigenvalue weighted by atomic mass is 9.98. The van der Waals surface area contributed by atoms with E-state index in [0.717, 1.165) is 25.5 Å². The van der Waals surface area contributed by atoms with Crippen LogP contribution in [0, 0.1) is 11.7 Å². The number of hydrogen-bond donors (Lipinski definition) is 2. The summed E-state index contributed by atoms with van der Waals surface area (Å²) in [4.78, 5) is 24.3. The number of hydrogen-bond acceptors (Lipinski definition) is 7. The summed E-state index contributed by atoms with van der Waals surface area (Å²) in [6, 6.07) is 4.64. The van der Waals surface area contributed by atoms with Crippen molar-refractivity contribution in [3.63, 3.8) is 0 Å². The van der Waals surface area contributed by atoms with Gasteiger partial charge < -0.3 is 9.84 Å². The first-order valence-corrected chi connectivity index (χ1v) is 10.00. The number of nitrogens with one attached hydrogen (secondary N) is 1. The zero-order chi connectivity index (χ0) is 20.2. The zero-order valence-electron chi connectivity index (χ0n) is 14.7. The Bertz CT molecular complexity index is 954. The molecule has 0 radical (unpaired) electrons. The van der Waals surface area contributed by atoms with E-state index in [0.29, 0.717) is 0 Å². The molecule has 0 spiro atoms. The second-order valence-electron chi connectivity index (χ2n) is 6.09. The van der Waals surface area contributed by atoms with Crippen LogP contribution in [0.2, 0.25) is 0 Å². The van der Waals surface area contributed by atoms with Crippen molar-refractivity contribution in [3.8, 4) is 17.0 Å². The first-order chi connectivity index (χ1) is 12.6. The second kappa shape index (κ2) is 8.30. The van der Waals surface area contributed by atoms with E-state index in [1.807, 2.05) is 0 Å². The van der Waals surface area contributed by atoms with Crippen LogP contribution in [-0.2, 0) is 19.4 Å². The Morgan fingerprint density at radius 3 is 2.67 bits per heavy atom. The summed E-state index contributed by atoms with van der Waals surface area (Å²) >= 11 is 0. The summed E-state index contributed by atoms with van der Waals surface area (Å²) in [6.07, 6.45) is 0.706. The van der Waals surface area contributed by atoms with Crippen LogP contribution in [0.1, 0.15) is 23.3 Å². The molecule has 1 aromatic heterocycles. The molecule has 0 saturated heterocycles. The van der Waals surface area contributed by atoms with Crippen molar-refractivity contribution in [3.05, 3.63) is 35.8 Å². The van der Waals surface area contributed by atoms with E-state index in [4.69, 9.17) is 0 Å². The number of ketones is 1. The van der Waals surface area contributed by atoms with E-state index < -0.39 is 33.3 Å². The number of nitrogens with zero attached hydrogens (tertiary/aromatic N) is 1. The zero-order valence-corrected chi connectivity index (χ0v) is 15.5. The average Bonchev–Trinajstić information content (AvgIpc) is 3.09. The number of phenolic OH excluding ortho intramolecular Hbond substituents is 1. The fourth-order valence-corrected chi connectivity index (χ4v) is 3.19. The smallest absolute Gasteiger partial charge is 0.309 e. The monoisotopic (exact) mass is 398 g/mol. The van der Waals surface area contributed by atoms with Crippen LogP contribution >= 0.6 is 0 Å². The Labute approximate surface area is 155 Å². The molecule has 10 heteroatoms. The number of carbonyl (C=O) groups excluding carboxylic acids is 2. The van der Waals surface area contributed by atoms with Crippen molar-refractivity contribution in [2.24, 2.45) is 5.92 Å². The third kappa shape index (κ3) is 5.61. The summed E-state index contributed by atoms with van der Waals surface area (Å²) in [5.41, 5.74) is 0.301. The molecule has 2 N–H and O–H groups in total. The highest BCUT2D eigenvalue weighted by Gasteiger charge is 2.26. The fourth-order valence-electron chi connectivity index (χ4n) is 2.48. The fraction of sp³-hybridized carbons (Fsp3) is 0.353. The molecule has 27 heavy (non-hydrogen) atoms. The number of phenols is 1. The number of Topliss-reactive ketones (excluding diaryl/α,β-unsaturated/α-hetero) is 1. The van der Waals surface area contributed by atoms with Crippen molar-refractivity contribution in [1.29, 1.82) is 0 Å². The maximum absolute atomic E-state index is 13.4. The SMILES string of the molecule is COC(=O)C(CCS(C)(=O)=O)CC(=O)c1cc(-c2cc(F)ccc2O)n[nH]1. The first kappa shape index (κ1) is 20.6. The van der Waals surface area contributed by atoms with Gasteiger partial charge in [-0.1, -0.05) is 0 Å². The number of sulfone groups is 1. The molecule has 0 fully saturated rings. The molecule has 1 unspecified atom stereocenters. The summed E-state index contributed by atoms with van der Waals surface area (Å²) in [7, 11) is -2.15. The molecule has 0 aliphatic carbocycles. The minimum Gasteiger partial charge on any atom is -0.507 e. The average molecular weight is 398 g/mol. The molecule has 1 atom stereocenters. The molecule has 0 bridgehead atoms. The number of H-pyrrole nitrogens is 1. The third-order valence-electron chi connectivity index (χ3n) is 3.92. The standard InChI is InChI=1S/C17H19FN2O6S/c1-26-17(23)10(5-6-27(2,24)25)7-16(22)14-9-13(19-20-14)12-8-11(18)3-4-15(12)21/h3-4,8-10,21H,5-7H2,1-2H3,(H,19,20). The number of halogens is 1. The molecule has 1 heterocycles. The number of esters is 1. The number of benzene rings is 1. The van der Waals surface area contributed by atoms with Gasteiger partial charge in [0.1, 0.15) is 27.1 Å². The van der Waals surface area contributed by atoms with E-state index in [1.54, 1.807) is 0 Å². The van der Waals surface area contributed by atoms with Gasteiger partial charge in [0.05, 0.1) is 24.5 Å². The van der Waals surface area contributed by atoms with Crippen LogP contribution in [0.15, 0.2) is 24.3 Å². The quantitative estimate of drug-likeness (QED) is 0.512. The highest BCUT2D eigenvalue weighted by molar-refractivity contribution is 7.90. The molecule has 2 aromatic rings. The predicted molar refractivity (Wildman–Crippen MR) is 94.4 cm³/mol. The molecule has 1 aromatic carbocycles. The number of aromatic amines is 1. The number of rotatable bonds is 8. The van der Waals surface area contributed by atoms with Gasteiger partial charge in [-0.15, -0.1) is 0 Å². The lowest BCUT2D eigenvalue weighted by Crippen LogP contribution is -2.23. The number of aromatic hydroxyl groups is 1. The van der Waals surface area contributed by atoms with Gasteiger partial charge in [0.2, 0.25) is 0 Å². The highest BCUT2D eigenvalue weighted by atomic mass is 32.2. The summed E-state index contributed by atoms with van der Waals surface area (Å²) in [5.74, 6) is -3.15. The van der Waals surface area contributed by atoms with Crippen LogP contribution in [0.5, 0.6) is 5.75 Å². The summed E-state index contributed by atoms with van der Waals surface area (Å²) < 4.78 is 40.6. The van der Waals surface area contributed by atoms with Crippen molar-refractivity contribution < 1.29 is 32.2 Å². The number of methoxy groups -OCH3 is 1. The predicted octanol–water partition coefficient (Wildman–Crippen LogP) is 1.72. The topological polar surface area (TPSA) is 126 Å². The van der Waals surface area contributed by atoms with E-state index in [9.17, 15) is 27.5 Å². The van der Waals surface area contributed by atoms with Crippen LogP contribution in [-0.4, -0.2) is 54.6 Å². The maximum atomic E-state index is 13.4. The highest BCUT2D eigenvalue weighted by Crippen LogP contribution is 2.29. The molecule has 0 aliphatic heterocycles. The van der Waals surface area contributed by atoms with E-state index in [1.165, 1.54) is 12.1 Å². The van der Waals surface area contributed by atoms with Crippen LogP contribution < -0.4 is 0 Å². The summed E-state index contributed by atoms with van der Waals surface area (Å²) in [5, 5.41) is 16.2. The molecule has 0 aliphatic rings. The van der Waals surface area contributed by atoms with E-state index in [2.05, 4.69) is 14.9 Å². The molecule has 2 rings (SSSR count). The number of carbonyl (C=O) groups is 2. The van der Waals surface area contributed by atoms with Gasteiger partial charge in [0.25, 0.3) is 0 Å². The van der Waals surface area contributed by atoms with Gasteiger partial charge in [-0.2, -0.15) is 5.10 Å². The van der Waals surface area contributed by atoms with Gasteiger partial charge in [-0.25, -0.2) is 12.8 Å². The third-order valence-corrected chi connectivity index (χ3v) is 4.89. The van der Waals surface area contributed by atoms with Crippen LogP contribution in [0.3, 0.4) is 0 Å². The van der Waals surface area contributed by atoms with Gasteiger partial charge in [-0.05, 0) is 30.7 Å². The Morgan fingerprint density at radius 1 is 1.33 bits per heavy atom. The largest absolute Gasteiger partial charge is 0.507 e. The Balaban J connectivity index is 2.17. The lowest BCUT2D eigenvalue weighted by molar-refractivity contribution is -0.145. The van der Waals surface area contributed by atoms with Gasteiger partial charge in [0.15, 0.2) is 5.78 Å². The Hall–Kier alpha value is -2.75. The molecule has 8 nitrogen and oxygen atoms in total. The van der Waals surface area contributed by atoms with Crippen LogP contribution in [0.25, 0.3) is 11.3 Å². The van der Waals surface area contributed by atoms with Crippen molar-refractivity contribution in [1.82, 2.24) is 10.2 Å². The van der Waals surface area contributed by atoms with Crippen molar-refractivity contribution in [2.75, 3.05) is 19.1 Å². The number of ether oxygens (including phenoxy) is 1. The minimum absolute atomic E-state index is 0.0434. The molecule has 0 amide bonds. The van der Waals surface area contributed by atoms with Crippen molar-refractivity contribution in [2.45, 2.75) is 12.8 Å². The molecular weight excluding hydrogens is 379 g/mol. The van der Waals surface area contributed by atoms with Gasteiger partial charge in [0, 0.05) is 18.2 Å². The Kier molecular flexibility index (Phi) is 6.32. The van der Waals surface area contributed by atoms with E-state index in [-0.39, 0.29) is 41.3 Å². The van der Waals surface area contributed by atoms with Gasteiger partial charge >= 0.3 is 5.97 Å². The van der Waals surface area contributed by atoms with Crippen molar-refractivity contribution >= 4 is 21.6 Å². The molecule has 0 saturated carbocycles. The molecular formula is C17H19FN2O6S. The first-order valence-electron chi connectivity index (χ1n) is 7.93. The normalized spacial score (nSPS) is 12.6. The Morgan fingerprint density at radius 2 is 2.04 bits per heavy atom. The van der Waals surface area contributed by atoms with E-state index >= 15 is 0 Å². The number of aromatic nitrogens is 2. The van der Waals surface area contributed by atoms with Gasteiger partial charge in [-0.3, -0.25) is 14.7 Å². The summed E-state index contributed by atoms with van der Waals surface area (Å²) in [6.45, 7) is 0. The molecule has 146 valence electrons. The maximum Gasteiger partial charge on any atom is 0.309 e. The lowest BCUT2D eigenvalue weighted by Gasteiger charge is -2.12. The minimum atomic E-state index is -3.30. The van der Waals surface area contributed by atoms with Crippen LogP contribution in [0.4, 0.5) is 4.39 Å². The second-order valence-corrected chi connectivity index (χ2v) is 8.35.